The van der Waals surface area contributed by atoms with Crippen molar-refractivity contribution in [3.63, 3.8) is 0 Å². The van der Waals surface area contributed by atoms with Crippen LogP contribution in [0.4, 0.5) is 0 Å². The summed E-state index contributed by atoms with van der Waals surface area (Å²) in [6.45, 7) is 1.92. The van der Waals surface area contributed by atoms with Gasteiger partial charge in [0.15, 0.2) is 0 Å². The van der Waals surface area contributed by atoms with Gasteiger partial charge in [-0.1, -0.05) is 12.1 Å². The summed E-state index contributed by atoms with van der Waals surface area (Å²) in [5.74, 6) is 0.625. The second-order valence-corrected chi connectivity index (χ2v) is 3.80. The highest BCUT2D eigenvalue weighted by atomic mass is 32.2. The van der Waals surface area contributed by atoms with Gasteiger partial charge in [-0.25, -0.2) is 0 Å². The Kier molecular flexibility index (Phi) is 2.97. The molecule has 1 aliphatic heterocycles. The lowest BCUT2D eigenvalue weighted by Crippen LogP contribution is -2.26. The van der Waals surface area contributed by atoms with Crippen molar-refractivity contribution in [3.05, 3.63) is 0 Å². The van der Waals surface area contributed by atoms with E-state index in [2.05, 4.69) is 9.89 Å². The molecule has 1 rings (SSSR count). The Hall–Kier alpha value is -0.710. The molecule has 0 aliphatic carbocycles. The minimum Gasteiger partial charge on any atom is -0.468 e. The smallest absolute Gasteiger partial charge is 0.324 e. The molecule has 0 aromatic heterocycles. The van der Waals surface area contributed by atoms with Gasteiger partial charge in [0.05, 0.1) is 12.8 Å². The van der Waals surface area contributed by atoms with E-state index in [9.17, 15) is 4.79 Å². The number of carbonyl (C=O) groups excluding carboxylic acids is 1. The van der Waals surface area contributed by atoms with E-state index in [0.717, 1.165) is 5.75 Å². The first kappa shape index (κ1) is 9.38. The molecule has 12 heavy (non-hydrogen) atoms. The monoisotopic (exact) mass is 189 g/mol. The molecule has 1 aliphatic rings. The van der Waals surface area contributed by atoms with Crippen molar-refractivity contribution in [3.8, 4) is 0 Å². The van der Waals surface area contributed by atoms with E-state index in [1.807, 2.05) is 6.92 Å². The lowest BCUT2D eigenvalue weighted by molar-refractivity contribution is -0.138. The third kappa shape index (κ3) is 1.55. The zero-order chi connectivity index (χ0) is 9.14. The summed E-state index contributed by atoms with van der Waals surface area (Å²) in [4.78, 5) is 11.1. The first-order valence-electron chi connectivity index (χ1n) is 3.62. The minimum absolute atomic E-state index is 0.157. The lowest BCUT2D eigenvalue weighted by atomic mass is 10.1. The number of oxime groups is 1. The number of hydrogen-bond acceptors (Lipinski definition) is 5. The Morgan fingerprint density at radius 1 is 1.83 bits per heavy atom. The van der Waals surface area contributed by atoms with Crippen LogP contribution < -0.4 is 0 Å². The zero-order valence-electron chi connectivity index (χ0n) is 6.98. The Morgan fingerprint density at radius 2 is 2.50 bits per heavy atom. The van der Waals surface area contributed by atoms with Crippen LogP contribution >= 0.6 is 11.8 Å². The molecule has 1 N–H and O–H groups in total. The summed E-state index contributed by atoms with van der Waals surface area (Å²) in [6, 6.07) is 0. The van der Waals surface area contributed by atoms with Crippen molar-refractivity contribution in [2.75, 3.05) is 12.9 Å². The van der Waals surface area contributed by atoms with E-state index < -0.39 is 5.25 Å². The second kappa shape index (κ2) is 3.80. The van der Waals surface area contributed by atoms with Crippen molar-refractivity contribution < 1.29 is 14.7 Å². The SMILES string of the molecule is COC(=O)C1SCC(C)C1=NO. The summed E-state index contributed by atoms with van der Waals surface area (Å²) in [5.41, 5.74) is 0.520. The molecule has 0 saturated carbocycles. The van der Waals surface area contributed by atoms with Crippen LogP contribution in [0.2, 0.25) is 0 Å². The Morgan fingerprint density at radius 3 is 3.00 bits per heavy atom. The number of nitrogens with zero attached hydrogens (tertiary/aromatic N) is 1. The molecule has 1 saturated heterocycles. The average Bonchev–Trinajstić information content (AvgIpc) is 2.45. The van der Waals surface area contributed by atoms with Crippen LogP contribution in [0.5, 0.6) is 0 Å². The molecule has 0 amide bonds. The first-order chi connectivity index (χ1) is 5.70. The maximum absolute atomic E-state index is 11.1. The van der Waals surface area contributed by atoms with Crippen molar-refractivity contribution in [2.45, 2.75) is 12.2 Å². The highest BCUT2D eigenvalue weighted by Crippen LogP contribution is 2.29. The highest BCUT2D eigenvalue weighted by molar-refractivity contribution is 8.01. The Labute approximate surface area is 75.0 Å². The van der Waals surface area contributed by atoms with Gasteiger partial charge in [-0.05, 0) is 0 Å². The fraction of sp³-hybridized carbons (Fsp3) is 0.714. The Bertz CT molecular complexity index is 217. The van der Waals surface area contributed by atoms with Crippen LogP contribution in [0.15, 0.2) is 5.16 Å². The van der Waals surface area contributed by atoms with Crippen molar-refractivity contribution in [1.82, 2.24) is 0 Å². The molecular weight excluding hydrogens is 178 g/mol. The highest BCUT2D eigenvalue weighted by Gasteiger charge is 2.36. The largest absolute Gasteiger partial charge is 0.468 e. The molecular formula is C7H11NO3S. The fourth-order valence-corrected chi connectivity index (χ4v) is 2.45. The van der Waals surface area contributed by atoms with E-state index in [-0.39, 0.29) is 11.9 Å². The number of esters is 1. The predicted molar refractivity (Wildman–Crippen MR) is 46.6 cm³/mol. The third-order valence-electron chi connectivity index (χ3n) is 1.82. The van der Waals surface area contributed by atoms with Crippen LogP contribution in [0.3, 0.4) is 0 Å². The number of hydrogen-bond donors (Lipinski definition) is 1. The summed E-state index contributed by atoms with van der Waals surface area (Å²) < 4.78 is 4.56. The van der Waals surface area contributed by atoms with Gasteiger partial charge in [0.25, 0.3) is 0 Å². The molecule has 68 valence electrons. The normalized spacial score (nSPS) is 32.3. The Balaban J connectivity index is 2.74. The van der Waals surface area contributed by atoms with E-state index >= 15 is 0 Å². The van der Waals surface area contributed by atoms with Gasteiger partial charge in [-0.3, -0.25) is 4.79 Å². The summed E-state index contributed by atoms with van der Waals surface area (Å²) in [7, 11) is 1.33. The maximum Gasteiger partial charge on any atom is 0.324 e. The van der Waals surface area contributed by atoms with Crippen molar-refractivity contribution in [1.29, 1.82) is 0 Å². The van der Waals surface area contributed by atoms with Crippen LogP contribution in [0.25, 0.3) is 0 Å². The standard InChI is InChI=1S/C7H11NO3S/c1-4-3-12-6(5(4)8-10)7(9)11-2/h4,6,10H,3H2,1-2H3. The number of ether oxygens (including phenoxy) is 1. The zero-order valence-corrected chi connectivity index (χ0v) is 7.80. The topological polar surface area (TPSA) is 58.9 Å². The van der Waals surface area contributed by atoms with Gasteiger partial charge in [-0.2, -0.15) is 0 Å². The molecule has 0 spiro atoms. The summed E-state index contributed by atoms with van der Waals surface area (Å²) >= 11 is 1.45. The number of thioether (sulfide) groups is 1. The van der Waals surface area contributed by atoms with Crippen LogP contribution in [0.1, 0.15) is 6.92 Å². The molecule has 0 radical (unpaired) electrons. The quantitative estimate of drug-likeness (QED) is 0.375. The molecule has 5 heteroatoms. The van der Waals surface area contributed by atoms with E-state index in [4.69, 9.17) is 5.21 Å². The number of rotatable bonds is 1. The van der Waals surface area contributed by atoms with E-state index in [0.29, 0.717) is 5.71 Å². The molecule has 1 fully saturated rings. The third-order valence-corrected chi connectivity index (χ3v) is 3.28. The fourth-order valence-electron chi connectivity index (χ4n) is 1.12. The molecule has 2 atom stereocenters. The van der Waals surface area contributed by atoms with Gasteiger partial charge in [0.2, 0.25) is 0 Å². The van der Waals surface area contributed by atoms with Crippen LogP contribution in [-0.2, 0) is 9.53 Å². The molecule has 0 aromatic carbocycles. The second-order valence-electron chi connectivity index (χ2n) is 2.66. The lowest BCUT2D eigenvalue weighted by Gasteiger charge is -2.06. The summed E-state index contributed by atoms with van der Waals surface area (Å²) in [6.07, 6.45) is 0. The predicted octanol–water partition coefficient (Wildman–Crippen LogP) is 0.741. The first-order valence-corrected chi connectivity index (χ1v) is 4.66. The van der Waals surface area contributed by atoms with Gasteiger partial charge in [-0.15, -0.1) is 11.8 Å². The number of carbonyl (C=O) groups is 1. The van der Waals surface area contributed by atoms with E-state index in [1.54, 1.807) is 0 Å². The summed E-state index contributed by atoms with van der Waals surface area (Å²) in [5, 5.41) is 11.3. The van der Waals surface area contributed by atoms with Crippen LogP contribution in [-0.4, -0.2) is 35.0 Å². The van der Waals surface area contributed by atoms with Gasteiger partial charge in [0, 0.05) is 11.7 Å². The maximum atomic E-state index is 11.1. The van der Waals surface area contributed by atoms with Gasteiger partial charge >= 0.3 is 5.97 Å². The molecule has 0 bridgehead atoms. The van der Waals surface area contributed by atoms with Gasteiger partial charge < -0.3 is 9.94 Å². The van der Waals surface area contributed by atoms with Crippen molar-refractivity contribution in [2.24, 2.45) is 11.1 Å². The molecule has 4 nitrogen and oxygen atoms in total. The number of methoxy groups -OCH3 is 1. The van der Waals surface area contributed by atoms with Gasteiger partial charge in [0.1, 0.15) is 5.25 Å². The van der Waals surface area contributed by atoms with E-state index in [1.165, 1.54) is 18.9 Å². The van der Waals surface area contributed by atoms with Crippen molar-refractivity contribution >= 4 is 23.4 Å². The minimum atomic E-state index is -0.407. The molecule has 1 heterocycles. The average molecular weight is 189 g/mol. The molecule has 0 aromatic rings. The van der Waals surface area contributed by atoms with Crippen LogP contribution in [0, 0.1) is 5.92 Å². The molecule has 2 unspecified atom stereocenters.